The van der Waals surface area contributed by atoms with Crippen LogP contribution in [0.5, 0.6) is 17.2 Å². The van der Waals surface area contributed by atoms with Crippen LogP contribution in [0.25, 0.3) is 0 Å². The normalized spacial score (nSPS) is 14.7. The van der Waals surface area contributed by atoms with Crippen molar-refractivity contribution in [3.8, 4) is 17.2 Å². The predicted molar refractivity (Wildman–Crippen MR) is 75.0 cm³/mol. The maximum atomic E-state index is 11.4. The van der Waals surface area contributed by atoms with Crippen LogP contribution in [0, 0.1) is 0 Å². The second-order valence-corrected chi connectivity index (χ2v) is 5.19. The molecule has 0 spiro atoms. The number of hydrogen-bond donors (Lipinski definition) is 2. The average Bonchev–Trinajstić information content (AvgIpc) is 2.77. The minimum absolute atomic E-state index is 0.291. The molecular formula is C14H18N2O5. The van der Waals surface area contributed by atoms with E-state index in [1.807, 2.05) is 13.8 Å². The number of ether oxygens (including phenoxy) is 3. The van der Waals surface area contributed by atoms with Gasteiger partial charge >= 0.3 is 12.2 Å². The van der Waals surface area contributed by atoms with Gasteiger partial charge in [0.15, 0.2) is 11.5 Å². The summed E-state index contributed by atoms with van der Waals surface area (Å²) in [6.07, 6.45) is -0.619. The summed E-state index contributed by atoms with van der Waals surface area (Å²) in [7, 11) is 2.95. The second-order valence-electron chi connectivity index (χ2n) is 5.19. The first-order valence-electron chi connectivity index (χ1n) is 6.50. The summed E-state index contributed by atoms with van der Waals surface area (Å²) in [5, 5.41) is 4.75. The van der Waals surface area contributed by atoms with Crippen LogP contribution in [0.1, 0.15) is 19.4 Å². The summed E-state index contributed by atoms with van der Waals surface area (Å²) in [5.74, 6) is 1.10. The zero-order chi connectivity index (χ0) is 15.6. The lowest BCUT2D eigenvalue weighted by Crippen LogP contribution is -2.25. The van der Waals surface area contributed by atoms with Crippen molar-refractivity contribution in [1.82, 2.24) is 10.6 Å². The number of carbonyl (C=O) groups excluding carboxylic acids is 2. The molecule has 0 fully saturated rings. The van der Waals surface area contributed by atoms with Gasteiger partial charge in [0.1, 0.15) is 11.4 Å². The van der Waals surface area contributed by atoms with E-state index < -0.39 is 17.8 Å². The molecule has 2 N–H and O–H groups in total. The van der Waals surface area contributed by atoms with Crippen molar-refractivity contribution < 1.29 is 23.8 Å². The van der Waals surface area contributed by atoms with Crippen molar-refractivity contribution in [2.45, 2.75) is 25.9 Å². The van der Waals surface area contributed by atoms with E-state index >= 15 is 0 Å². The van der Waals surface area contributed by atoms with Crippen molar-refractivity contribution in [3.63, 3.8) is 0 Å². The van der Waals surface area contributed by atoms with E-state index in [-0.39, 0.29) is 0 Å². The Labute approximate surface area is 122 Å². The van der Waals surface area contributed by atoms with Crippen LogP contribution in [-0.4, -0.2) is 31.9 Å². The average molecular weight is 294 g/mol. The fourth-order valence-corrected chi connectivity index (χ4v) is 2.08. The van der Waals surface area contributed by atoms with E-state index in [1.54, 1.807) is 6.07 Å². The Morgan fingerprint density at radius 2 is 1.62 bits per heavy atom. The van der Waals surface area contributed by atoms with Gasteiger partial charge in [-0.2, -0.15) is 0 Å². The molecule has 0 saturated heterocycles. The molecule has 0 saturated carbocycles. The molecule has 1 heterocycles. The number of nitrogens with one attached hydrogen (secondary N) is 2. The minimum Gasteiger partial charge on any atom is -0.483 e. The molecule has 1 aromatic carbocycles. The fraction of sp³-hybridized carbons (Fsp3) is 0.429. The van der Waals surface area contributed by atoms with Gasteiger partial charge in [0.2, 0.25) is 0 Å². The highest BCUT2D eigenvalue weighted by molar-refractivity contribution is 5.74. The standard InChI is InChI=1S/C14H18N2O5/c1-14(2)7-8-9(19-12(17)15-3)5-6-10(11(8)21-14)20-13(18)16-4/h5-6H,7H2,1-4H3,(H,15,17)(H,16,18). The topological polar surface area (TPSA) is 85.9 Å². The molecule has 0 bridgehead atoms. The molecule has 0 aliphatic carbocycles. The lowest BCUT2D eigenvalue weighted by atomic mass is 10.0. The van der Waals surface area contributed by atoms with Crippen molar-refractivity contribution in [2.24, 2.45) is 0 Å². The quantitative estimate of drug-likeness (QED) is 0.869. The summed E-state index contributed by atoms with van der Waals surface area (Å²) in [6.45, 7) is 3.81. The maximum Gasteiger partial charge on any atom is 0.412 e. The highest BCUT2D eigenvalue weighted by atomic mass is 16.6. The fourth-order valence-electron chi connectivity index (χ4n) is 2.08. The van der Waals surface area contributed by atoms with Crippen LogP contribution >= 0.6 is 0 Å². The molecule has 0 atom stereocenters. The van der Waals surface area contributed by atoms with Gasteiger partial charge < -0.3 is 24.8 Å². The summed E-state index contributed by atoms with van der Waals surface area (Å²) < 4.78 is 16.2. The SMILES string of the molecule is CNC(=O)Oc1ccc(OC(=O)NC)c2c1CC(C)(C)O2. The van der Waals surface area contributed by atoms with Gasteiger partial charge in [0.25, 0.3) is 0 Å². The predicted octanol–water partition coefficient (Wildman–Crippen LogP) is 1.84. The van der Waals surface area contributed by atoms with Gasteiger partial charge in [0.05, 0.1) is 0 Å². The molecule has 0 radical (unpaired) electrons. The zero-order valence-electron chi connectivity index (χ0n) is 12.4. The van der Waals surface area contributed by atoms with Gasteiger partial charge in [-0.3, -0.25) is 0 Å². The molecule has 21 heavy (non-hydrogen) atoms. The Hall–Kier alpha value is -2.44. The molecule has 114 valence electrons. The monoisotopic (exact) mass is 294 g/mol. The Balaban J connectivity index is 2.39. The van der Waals surface area contributed by atoms with Gasteiger partial charge in [-0.05, 0) is 26.0 Å². The largest absolute Gasteiger partial charge is 0.483 e. The smallest absolute Gasteiger partial charge is 0.412 e. The molecule has 0 aromatic heterocycles. The summed E-state index contributed by atoms with van der Waals surface area (Å²) in [5.41, 5.74) is 0.232. The van der Waals surface area contributed by atoms with Crippen LogP contribution in [-0.2, 0) is 6.42 Å². The van der Waals surface area contributed by atoms with E-state index in [9.17, 15) is 9.59 Å². The summed E-state index contributed by atoms with van der Waals surface area (Å²) >= 11 is 0. The maximum absolute atomic E-state index is 11.4. The number of benzene rings is 1. The van der Waals surface area contributed by atoms with E-state index in [4.69, 9.17) is 14.2 Å². The molecule has 1 aliphatic heterocycles. The van der Waals surface area contributed by atoms with Gasteiger partial charge in [0, 0.05) is 26.1 Å². The van der Waals surface area contributed by atoms with Gasteiger partial charge in [-0.1, -0.05) is 0 Å². The Morgan fingerprint density at radius 1 is 1.10 bits per heavy atom. The Bertz CT molecular complexity index is 534. The van der Waals surface area contributed by atoms with E-state index in [0.29, 0.717) is 29.2 Å². The molecule has 2 rings (SSSR count). The number of carbonyl (C=O) groups is 2. The third kappa shape index (κ3) is 3.18. The highest BCUT2D eigenvalue weighted by Crippen LogP contribution is 2.46. The number of fused-ring (bicyclic) bond motifs is 1. The van der Waals surface area contributed by atoms with Crippen molar-refractivity contribution in [3.05, 3.63) is 17.7 Å². The van der Waals surface area contributed by atoms with Crippen LogP contribution < -0.4 is 24.8 Å². The highest BCUT2D eigenvalue weighted by Gasteiger charge is 2.36. The zero-order valence-corrected chi connectivity index (χ0v) is 12.4. The number of rotatable bonds is 2. The first kappa shape index (κ1) is 15.0. The lowest BCUT2D eigenvalue weighted by Gasteiger charge is -2.17. The number of amides is 2. The van der Waals surface area contributed by atoms with Gasteiger partial charge in [-0.25, -0.2) is 9.59 Å². The van der Waals surface area contributed by atoms with Crippen molar-refractivity contribution in [1.29, 1.82) is 0 Å². The molecule has 1 aromatic rings. The third-order valence-corrected chi connectivity index (χ3v) is 2.98. The van der Waals surface area contributed by atoms with Crippen LogP contribution in [0.3, 0.4) is 0 Å². The van der Waals surface area contributed by atoms with Crippen LogP contribution in [0.15, 0.2) is 12.1 Å². The molecule has 7 heteroatoms. The van der Waals surface area contributed by atoms with Crippen LogP contribution in [0.4, 0.5) is 9.59 Å². The molecule has 0 unspecified atom stereocenters. The summed E-state index contributed by atoms with van der Waals surface area (Å²) in [4.78, 5) is 22.7. The minimum atomic E-state index is -0.592. The first-order chi connectivity index (χ1) is 9.86. The third-order valence-electron chi connectivity index (χ3n) is 2.98. The molecule has 1 aliphatic rings. The van der Waals surface area contributed by atoms with Crippen molar-refractivity contribution >= 4 is 12.2 Å². The van der Waals surface area contributed by atoms with Gasteiger partial charge in [-0.15, -0.1) is 0 Å². The first-order valence-corrected chi connectivity index (χ1v) is 6.50. The van der Waals surface area contributed by atoms with E-state index in [0.717, 1.165) is 0 Å². The molecular weight excluding hydrogens is 276 g/mol. The van der Waals surface area contributed by atoms with Crippen LogP contribution in [0.2, 0.25) is 0 Å². The van der Waals surface area contributed by atoms with E-state index in [2.05, 4.69) is 10.6 Å². The second kappa shape index (κ2) is 5.51. The molecule has 7 nitrogen and oxygen atoms in total. The Kier molecular flexibility index (Phi) is 3.93. The number of hydrogen-bond acceptors (Lipinski definition) is 5. The van der Waals surface area contributed by atoms with E-state index in [1.165, 1.54) is 20.2 Å². The summed E-state index contributed by atoms with van der Waals surface area (Å²) in [6, 6.07) is 3.12. The lowest BCUT2D eigenvalue weighted by molar-refractivity contribution is 0.133. The van der Waals surface area contributed by atoms with Crippen molar-refractivity contribution in [2.75, 3.05) is 14.1 Å². The molecule has 2 amide bonds. The Morgan fingerprint density at radius 3 is 2.19 bits per heavy atom.